The second kappa shape index (κ2) is 6.61. The van der Waals surface area contributed by atoms with Gasteiger partial charge in [0.2, 0.25) is 5.91 Å². The van der Waals surface area contributed by atoms with E-state index in [2.05, 4.69) is 0 Å². The number of likely N-dealkylation sites (tertiary alicyclic amines) is 1. The zero-order valence-electron chi connectivity index (χ0n) is 12.4. The van der Waals surface area contributed by atoms with Gasteiger partial charge in [0, 0.05) is 6.54 Å². The minimum Gasteiger partial charge on any atom is -0.493 e. The molecule has 21 heavy (non-hydrogen) atoms. The molecule has 1 N–H and O–H groups in total. The molecule has 5 nitrogen and oxygen atoms in total. The van der Waals surface area contributed by atoms with Crippen LogP contribution in [0.25, 0.3) is 0 Å². The van der Waals surface area contributed by atoms with Gasteiger partial charge in [-0.05, 0) is 30.9 Å². The number of rotatable bonds is 5. The fourth-order valence-corrected chi connectivity index (χ4v) is 2.71. The third-order valence-corrected chi connectivity index (χ3v) is 3.94. The molecule has 0 radical (unpaired) electrons. The summed E-state index contributed by atoms with van der Waals surface area (Å²) in [5.74, 6) is -0.313. The fraction of sp³-hybridized carbons (Fsp3) is 0.500. The van der Waals surface area contributed by atoms with Crippen LogP contribution < -0.4 is 4.74 Å². The standard InChI is InChI=1S/C16H21NO4/c1-11-5-3-4-6-13(11)21-10-8-14(18)17-9-7-12(2)15(17)16(19)20/h3-6,12,15H,7-10H2,1-2H3,(H,19,20). The highest BCUT2D eigenvalue weighted by Crippen LogP contribution is 2.25. The monoisotopic (exact) mass is 291 g/mol. The third-order valence-electron chi connectivity index (χ3n) is 3.94. The zero-order valence-corrected chi connectivity index (χ0v) is 12.4. The number of hydrogen-bond donors (Lipinski definition) is 1. The topological polar surface area (TPSA) is 66.8 Å². The minimum atomic E-state index is -0.923. The highest BCUT2D eigenvalue weighted by atomic mass is 16.5. The SMILES string of the molecule is Cc1ccccc1OCCC(=O)N1CCC(C)C1C(=O)O. The molecule has 1 aromatic carbocycles. The first-order valence-corrected chi connectivity index (χ1v) is 7.21. The molecule has 1 saturated heterocycles. The molecule has 1 fully saturated rings. The van der Waals surface area contributed by atoms with Crippen molar-refractivity contribution < 1.29 is 19.4 Å². The zero-order chi connectivity index (χ0) is 15.4. The smallest absolute Gasteiger partial charge is 0.326 e. The Hall–Kier alpha value is -2.04. The number of carbonyl (C=O) groups is 2. The van der Waals surface area contributed by atoms with Crippen LogP contribution in [0, 0.1) is 12.8 Å². The number of carbonyl (C=O) groups excluding carboxylic acids is 1. The molecule has 0 saturated carbocycles. The van der Waals surface area contributed by atoms with E-state index in [1.54, 1.807) is 0 Å². The van der Waals surface area contributed by atoms with Gasteiger partial charge in [0.25, 0.3) is 0 Å². The van der Waals surface area contributed by atoms with Crippen molar-refractivity contribution in [3.05, 3.63) is 29.8 Å². The average molecular weight is 291 g/mol. The Bertz CT molecular complexity index is 529. The van der Waals surface area contributed by atoms with Gasteiger partial charge < -0.3 is 14.7 Å². The van der Waals surface area contributed by atoms with Crippen LogP contribution in [0.1, 0.15) is 25.3 Å². The van der Waals surface area contributed by atoms with E-state index in [0.29, 0.717) is 6.54 Å². The van der Waals surface area contributed by atoms with Gasteiger partial charge in [0.15, 0.2) is 0 Å². The molecule has 5 heteroatoms. The van der Waals surface area contributed by atoms with Gasteiger partial charge >= 0.3 is 5.97 Å². The van der Waals surface area contributed by atoms with Crippen molar-refractivity contribution in [2.75, 3.05) is 13.2 Å². The summed E-state index contributed by atoms with van der Waals surface area (Å²) in [6, 6.07) is 6.91. The first-order valence-electron chi connectivity index (χ1n) is 7.21. The van der Waals surface area contributed by atoms with Crippen molar-refractivity contribution in [3.63, 3.8) is 0 Å². The Morgan fingerprint density at radius 2 is 2.10 bits per heavy atom. The van der Waals surface area contributed by atoms with Crippen LogP contribution in [0.5, 0.6) is 5.75 Å². The van der Waals surface area contributed by atoms with Crippen LogP contribution in [-0.2, 0) is 9.59 Å². The second-order valence-electron chi connectivity index (χ2n) is 5.50. The van der Waals surface area contributed by atoms with Crippen LogP contribution in [0.15, 0.2) is 24.3 Å². The lowest BCUT2D eigenvalue weighted by Crippen LogP contribution is -2.43. The summed E-state index contributed by atoms with van der Waals surface area (Å²) in [4.78, 5) is 24.9. The highest BCUT2D eigenvalue weighted by molar-refractivity contribution is 5.84. The largest absolute Gasteiger partial charge is 0.493 e. The number of aryl methyl sites for hydroxylation is 1. The fourth-order valence-electron chi connectivity index (χ4n) is 2.71. The summed E-state index contributed by atoms with van der Waals surface area (Å²) >= 11 is 0. The summed E-state index contributed by atoms with van der Waals surface area (Å²) in [7, 11) is 0. The summed E-state index contributed by atoms with van der Waals surface area (Å²) < 4.78 is 5.59. The van der Waals surface area contributed by atoms with Crippen molar-refractivity contribution in [3.8, 4) is 5.75 Å². The molecule has 0 aromatic heterocycles. The third kappa shape index (κ3) is 3.54. The molecule has 0 bridgehead atoms. The van der Waals surface area contributed by atoms with Gasteiger partial charge in [0.05, 0.1) is 13.0 Å². The van der Waals surface area contributed by atoms with E-state index in [9.17, 15) is 14.7 Å². The number of aliphatic carboxylic acids is 1. The lowest BCUT2D eigenvalue weighted by atomic mass is 10.0. The number of ether oxygens (including phenoxy) is 1. The minimum absolute atomic E-state index is 0.00346. The number of para-hydroxylation sites is 1. The van der Waals surface area contributed by atoms with Gasteiger partial charge in [-0.25, -0.2) is 4.79 Å². The van der Waals surface area contributed by atoms with E-state index >= 15 is 0 Å². The molecule has 1 amide bonds. The lowest BCUT2D eigenvalue weighted by Gasteiger charge is -2.23. The number of benzene rings is 1. The molecule has 0 aliphatic carbocycles. The lowest BCUT2D eigenvalue weighted by molar-refractivity contribution is -0.149. The van der Waals surface area contributed by atoms with E-state index in [-0.39, 0.29) is 24.9 Å². The van der Waals surface area contributed by atoms with Crippen LogP contribution in [0.2, 0.25) is 0 Å². The van der Waals surface area contributed by atoms with E-state index in [1.807, 2.05) is 38.1 Å². The Kier molecular flexibility index (Phi) is 4.83. The van der Waals surface area contributed by atoms with Crippen molar-refractivity contribution in [2.24, 2.45) is 5.92 Å². The van der Waals surface area contributed by atoms with Crippen molar-refractivity contribution in [1.29, 1.82) is 0 Å². The Morgan fingerprint density at radius 3 is 2.76 bits per heavy atom. The number of amides is 1. The molecule has 114 valence electrons. The number of carboxylic acid groups (broad SMARTS) is 1. The molecule has 1 aliphatic rings. The Labute approximate surface area is 124 Å². The predicted molar refractivity (Wildman–Crippen MR) is 78.2 cm³/mol. The molecule has 1 aromatic rings. The number of nitrogens with zero attached hydrogens (tertiary/aromatic N) is 1. The van der Waals surface area contributed by atoms with Crippen molar-refractivity contribution in [2.45, 2.75) is 32.7 Å². The molecule has 2 atom stereocenters. The summed E-state index contributed by atoms with van der Waals surface area (Å²) in [6.07, 6.45) is 0.937. The maximum Gasteiger partial charge on any atom is 0.326 e. The first-order chi connectivity index (χ1) is 10.0. The van der Waals surface area contributed by atoms with Crippen LogP contribution >= 0.6 is 0 Å². The number of hydrogen-bond acceptors (Lipinski definition) is 3. The summed E-state index contributed by atoms with van der Waals surface area (Å²) in [6.45, 7) is 4.60. The normalized spacial score (nSPS) is 21.3. The molecule has 0 spiro atoms. The van der Waals surface area contributed by atoms with Gasteiger partial charge in [-0.15, -0.1) is 0 Å². The first kappa shape index (κ1) is 15.4. The average Bonchev–Trinajstić information content (AvgIpc) is 2.83. The number of carboxylic acids is 1. The van der Waals surface area contributed by atoms with E-state index in [1.165, 1.54) is 4.90 Å². The molecular formula is C16H21NO4. The van der Waals surface area contributed by atoms with E-state index < -0.39 is 12.0 Å². The summed E-state index contributed by atoms with van der Waals surface area (Å²) in [5.41, 5.74) is 1.02. The molecule has 2 rings (SSSR count). The van der Waals surface area contributed by atoms with Crippen molar-refractivity contribution >= 4 is 11.9 Å². The van der Waals surface area contributed by atoms with Gasteiger partial charge in [-0.1, -0.05) is 25.1 Å². The van der Waals surface area contributed by atoms with E-state index in [0.717, 1.165) is 17.7 Å². The second-order valence-corrected chi connectivity index (χ2v) is 5.50. The highest BCUT2D eigenvalue weighted by Gasteiger charge is 2.39. The van der Waals surface area contributed by atoms with Crippen LogP contribution in [-0.4, -0.2) is 41.1 Å². The predicted octanol–water partition coefficient (Wildman–Crippen LogP) is 2.09. The van der Waals surface area contributed by atoms with Gasteiger partial charge in [0.1, 0.15) is 11.8 Å². The van der Waals surface area contributed by atoms with Crippen LogP contribution in [0.3, 0.4) is 0 Å². The molecular weight excluding hydrogens is 270 g/mol. The maximum atomic E-state index is 12.2. The summed E-state index contributed by atoms with van der Waals surface area (Å²) in [5, 5.41) is 9.22. The maximum absolute atomic E-state index is 12.2. The molecule has 1 aliphatic heterocycles. The van der Waals surface area contributed by atoms with E-state index in [4.69, 9.17) is 4.74 Å². The molecule has 2 unspecified atom stereocenters. The van der Waals surface area contributed by atoms with Gasteiger partial charge in [-0.3, -0.25) is 4.79 Å². The van der Waals surface area contributed by atoms with Gasteiger partial charge in [-0.2, -0.15) is 0 Å². The quantitative estimate of drug-likeness (QED) is 0.902. The Morgan fingerprint density at radius 1 is 1.38 bits per heavy atom. The Balaban J connectivity index is 1.88. The van der Waals surface area contributed by atoms with Crippen molar-refractivity contribution in [1.82, 2.24) is 4.90 Å². The molecule has 1 heterocycles. The van der Waals surface area contributed by atoms with Crippen LogP contribution in [0.4, 0.5) is 0 Å².